The lowest BCUT2D eigenvalue weighted by atomic mass is 10.1. The second kappa shape index (κ2) is 8.45. The van der Waals surface area contributed by atoms with Crippen LogP contribution in [0.15, 0.2) is 54.6 Å². The number of nitrogens with zero attached hydrogens (tertiary/aromatic N) is 1. The molecule has 3 rings (SSSR count). The first-order valence-corrected chi connectivity index (χ1v) is 8.52. The fraction of sp³-hybridized carbons (Fsp3) is 0.400. The van der Waals surface area contributed by atoms with Gasteiger partial charge in [-0.25, -0.2) is 0 Å². The van der Waals surface area contributed by atoms with Crippen molar-refractivity contribution >= 4 is 0 Å². The molecule has 1 heterocycles. The second-order valence-corrected chi connectivity index (χ2v) is 6.35. The summed E-state index contributed by atoms with van der Waals surface area (Å²) in [7, 11) is 1.64. The highest BCUT2D eigenvalue weighted by molar-refractivity contribution is 5.27. The highest BCUT2D eigenvalue weighted by atomic mass is 16.5. The van der Waals surface area contributed by atoms with Crippen LogP contribution < -0.4 is 4.74 Å². The van der Waals surface area contributed by atoms with Crippen LogP contribution in [-0.2, 0) is 17.9 Å². The van der Waals surface area contributed by atoms with E-state index in [1.54, 1.807) is 7.11 Å². The predicted molar refractivity (Wildman–Crippen MR) is 95.3 cm³/mol. The Kier molecular flexibility index (Phi) is 6.04. The molecule has 5 nitrogen and oxygen atoms in total. The maximum Gasteiger partial charge on any atom is 0.118 e. The Morgan fingerprint density at radius 3 is 2.40 bits per heavy atom. The van der Waals surface area contributed by atoms with Crippen molar-refractivity contribution in [3.05, 3.63) is 65.7 Å². The van der Waals surface area contributed by atoms with E-state index in [4.69, 9.17) is 9.47 Å². The molecule has 134 valence electrons. The number of ether oxygens (including phenoxy) is 2. The average molecular weight is 343 g/mol. The number of likely N-dealkylation sites (tertiary alicyclic amines) is 1. The van der Waals surface area contributed by atoms with Crippen molar-refractivity contribution in [1.82, 2.24) is 4.90 Å². The van der Waals surface area contributed by atoms with Gasteiger partial charge in [0, 0.05) is 13.1 Å². The summed E-state index contributed by atoms with van der Waals surface area (Å²) in [5, 5.41) is 20.2. The van der Waals surface area contributed by atoms with Gasteiger partial charge in [-0.1, -0.05) is 42.5 Å². The van der Waals surface area contributed by atoms with E-state index in [0.717, 1.165) is 16.9 Å². The van der Waals surface area contributed by atoms with Crippen LogP contribution in [0.3, 0.4) is 0 Å². The van der Waals surface area contributed by atoms with E-state index >= 15 is 0 Å². The molecule has 0 spiro atoms. The number of rotatable bonds is 7. The third-order valence-electron chi connectivity index (χ3n) is 4.70. The molecule has 5 heteroatoms. The largest absolute Gasteiger partial charge is 0.497 e. The van der Waals surface area contributed by atoms with Crippen LogP contribution in [0.25, 0.3) is 0 Å². The number of aliphatic hydroxyl groups excluding tert-OH is 2. The SMILES string of the molecule is COc1ccc(CN2C[C@@H](OCc3ccccc3)[C@H](O)[C@H]2CO)cc1. The lowest BCUT2D eigenvalue weighted by molar-refractivity contribution is -0.0312. The van der Waals surface area contributed by atoms with Gasteiger partial charge in [-0.2, -0.15) is 0 Å². The average Bonchev–Trinajstić information content (AvgIpc) is 2.96. The first kappa shape index (κ1) is 17.9. The number of hydrogen-bond donors (Lipinski definition) is 2. The van der Waals surface area contributed by atoms with Crippen molar-refractivity contribution in [2.45, 2.75) is 31.4 Å². The number of aliphatic hydroxyl groups is 2. The Hall–Kier alpha value is -1.92. The van der Waals surface area contributed by atoms with Gasteiger partial charge in [-0.3, -0.25) is 4.90 Å². The molecule has 2 aromatic carbocycles. The molecule has 2 N–H and O–H groups in total. The van der Waals surface area contributed by atoms with Crippen LogP contribution in [0.5, 0.6) is 5.75 Å². The molecular weight excluding hydrogens is 318 g/mol. The summed E-state index contributed by atoms with van der Waals surface area (Å²) in [4.78, 5) is 2.07. The summed E-state index contributed by atoms with van der Waals surface area (Å²) < 4.78 is 11.1. The van der Waals surface area contributed by atoms with Crippen LogP contribution >= 0.6 is 0 Å². The van der Waals surface area contributed by atoms with Crippen molar-refractivity contribution in [2.24, 2.45) is 0 Å². The molecule has 0 radical (unpaired) electrons. The van der Waals surface area contributed by atoms with Gasteiger partial charge in [0.15, 0.2) is 0 Å². The minimum atomic E-state index is -0.702. The Bertz CT molecular complexity index is 647. The summed E-state index contributed by atoms with van der Waals surface area (Å²) in [6.45, 7) is 1.60. The van der Waals surface area contributed by atoms with Crippen LogP contribution in [0, 0.1) is 0 Å². The van der Waals surface area contributed by atoms with Crippen LogP contribution in [-0.4, -0.2) is 53.6 Å². The normalized spacial score (nSPS) is 23.7. The summed E-state index contributed by atoms with van der Waals surface area (Å²) in [5.41, 5.74) is 2.18. The van der Waals surface area contributed by atoms with E-state index in [1.807, 2.05) is 54.6 Å². The van der Waals surface area contributed by atoms with Gasteiger partial charge in [-0.15, -0.1) is 0 Å². The standard InChI is InChI=1S/C20H25NO4/c1-24-17-9-7-15(8-10-17)11-21-12-19(20(23)18(21)13-22)25-14-16-5-3-2-4-6-16/h2-10,18-20,22-23H,11-14H2,1H3/t18-,19-,20-/m1/s1. The van der Waals surface area contributed by atoms with Crippen molar-refractivity contribution in [2.75, 3.05) is 20.3 Å². The molecule has 0 saturated carbocycles. The quantitative estimate of drug-likeness (QED) is 0.803. The summed E-state index contributed by atoms with van der Waals surface area (Å²) in [6, 6.07) is 17.4. The molecule has 1 aliphatic heterocycles. The van der Waals surface area contributed by atoms with Gasteiger partial charge in [0.25, 0.3) is 0 Å². The van der Waals surface area contributed by atoms with Crippen LogP contribution in [0.4, 0.5) is 0 Å². The maximum atomic E-state index is 10.5. The zero-order chi connectivity index (χ0) is 17.6. The summed E-state index contributed by atoms with van der Waals surface area (Å²) in [6.07, 6.45) is -1.01. The van der Waals surface area contributed by atoms with Crippen molar-refractivity contribution in [3.63, 3.8) is 0 Å². The topological polar surface area (TPSA) is 62.2 Å². The first-order valence-electron chi connectivity index (χ1n) is 8.52. The molecule has 25 heavy (non-hydrogen) atoms. The second-order valence-electron chi connectivity index (χ2n) is 6.35. The highest BCUT2D eigenvalue weighted by Gasteiger charge is 2.40. The molecule has 1 saturated heterocycles. The monoisotopic (exact) mass is 343 g/mol. The molecule has 0 unspecified atom stereocenters. The molecule has 0 amide bonds. The number of benzene rings is 2. The minimum absolute atomic E-state index is 0.0947. The van der Waals surface area contributed by atoms with E-state index in [0.29, 0.717) is 19.7 Å². The van der Waals surface area contributed by atoms with Gasteiger partial charge in [0.1, 0.15) is 5.75 Å². The van der Waals surface area contributed by atoms with Crippen molar-refractivity contribution in [3.8, 4) is 5.75 Å². The van der Waals surface area contributed by atoms with Gasteiger partial charge in [0.05, 0.1) is 38.6 Å². The first-order chi connectivity index (χ1) is 12.2. The minimum Gasteiger partial charge on any atom is -0.497 e. The zero-order valence-corrected chi connectivity index (χ0v) is 14.4. The Morgan fingerprint density at radius 1 is 1.04 bits per heavy atom. The van der Waals surface area contributed by atoms with E-state index in [-0.39, 0.29) is 18.8 Å². The lowest BCUT2D eigenvalue weighted by Gasteiger charge is -2.23. The number of methoxy groups -OCH3 is 1. The maximum absolute atomic E-state index is 10.5. The Balaban J connectivity index is 1.61. The van der Waals surface area contributed by atoms with Crippen LogP contribution in [0.1, 0.15) is 11.1 Å². The molecule has 1 fully saturated rings. The molecular formula is C20H25NO4. The summed E-state index contributed by atoms with van der Waals surface area (Å²) in [5.74, 6) is 0.813. The third kappa shape index (κ3) is 4.38. The van der Waals surface area contributed by atoms with E-state index in [9.17, 15) is 10.2 Å². The smallest absolute Gasteiger partial charge is 0.118 e. The Labute approximate surface area is 148 Å². The van der Waals surface area contributed by atoms with Gasteiger partial charge in [0.2, 0.25) is 0 Å². The predicted octanol–water partition coefficient (Wildman–Crippen LogP) is 1.82. The van der Waals surface area contributed by atoms with Crippen LogP contribution in [0.2, 0.25) is 0 Å². The molecule has 1 aliphatic rings. The van der Waals surface area contributed by atoms with Crippen molar-refractivity contribution < 1.29 is 19.7 Å². The van der Waals surface area contributed by atoms with E-state index < -0.39 is 6.10 Å². The van der Waals surface area contributed by atoms with Crippen molar-refractivity contribution in [1.29, 1.82) is 0 Å². The molecule has 0 bridgehead atoms. The molecule has 0 aliphatic carbocycles. The number of hydrogen-bond acceptors (Lipinski definition) is 5. The Morgan fingerprint density at radius 2 is 1.76 bits per heavy atom. The highest BCUT2D eigenvalue weighted by Crippen LogP contribution is 2.24. The van der Waals surface area contributed by atoms with Gasteiger partial charge >= 0.3 is 0 Å². The molecule has 3 atom stereocenters. The fourth-order valence-electron chi connectivity index (χ4n) is 3.24. The fourth-order valence-corrected chi connectivity index (χ4v) is 3.24. The summed E-state index contributed by atoms with van der Waals surface area (Å²) >= 11 is 0. The van der Waals surface area contributed by atoms with Gasteiger partial charge in [-0.05, 0) is 23.3 Å². The van der Waals surface area contributed by atoms with E-state index in [1.165, 1.54) is 0 Å². The lowest BCUT2D eigenvalue weighted by Crippen LogP contribution is -2.39. The van der Waals surface area contributed by atoms with E-state index in [2.05, 4.69) is 4.90 Å². The van der Waals surface area contributed by atoms with Gasteiger partial charge < -0.3 is 19.7 Å². The third-order valence-corrected chi connectivity index (χ3v) is 4.70. The molecule has 2 aromatic rings. The molecule has 0 aromatic heterocycles. The zero-order valence-electron chi connectivity index (χ0n) is 14.4.